The third kappa shape index (κ3) is 9.18. The van der Waals surface area contributed by atoms with Gasteiger partial charge in [-0.15, -0.1) is 0 Å². The van der Waals surface area contributed by atoms with E-state index in [2.05, 4.69) is 18.7 Å². The van der Waals surface area contributed by atoms with Crippen molar-refractivity contribution in [2.75, 3.05) is 13.1 Å². The molecule has 0 saturated heterocycles. The van der Waals surface area contributed by atoms with E-state index in [0.29, 0.717) is 0 Å². The summed E-state index contributed by atoms with van der Waals surface area (Å²) in [6.07, 6.45) is 5.64. The summed E-state index contributed by atoms with van der Waals surface area (Å²) in [7, 11) is 0. The fraction of sp³-hybridized carbons (Fsp3) is 0.667. The molecule has 0 bridgehead atoms. The highest BCUT2D eigenvalue weighted by atomic mass is 32.2. The molecular weight excluding hydrogens is 254 g/mol. The summed E-state index contributed by atoms with van der Waals surface area (Å²) in [6.45, 7) is 6.23. The molecule has 0 unspecified atom stereocenters. The lowest BCUT2D eigenvalue weighted by molar-refractivity contribution is -0.131. The monoisotopic (exact) mass is 275 g/mol. The Bertz CT molecular complexity index is 259. The van der Waals surface area contributed by atoms with Crippen LogP contribution in [-0.2, 0) is 4.79 Å². The second kappa shape index (κ2) is 10.6. The number of unbranched alkanes of at least 4 members (excludes halogenated alkanes) is 2. The molecule has 0 saturated carbocycles. The van der Waals surface area contributed by atoms with E-state index in [1.807, 2.05) is 0 Å². The zero-order valence-electron chi connectivity index (χ0n) is 10.5. The van der Waals surface area contributed by atoms with Gasteiger partial charge in [-0.1, -0.05) is 50.7 Å². The van der Waals surface area contributed by atoms with Crippen LogP contribution in [0.15, 0.2) is 11.5 Å². The zero-order chi connectivity index (χ0) is 13.1. The van der Waals surface area contributed by atoms with E-state index >= 15 is 0 Å². The predicted octanol–water partition coefficient (Wildman–Crippen LogP) is 3.51. The number of hydrogen-bond acceptors (Lipinski definition) is 3. The first-order valence-corrected chi connectivity index (χ1v) is 7.25. The molecule has 0 atom stereocenters. The van der Waals surface area contributed by atoms with Gasteiger partial charge in [-0.3, -0.25) is 0 Å². The van der Waals surface area contributed by atoms with Crippen molar-refractivity contribution in [2.45, 2.75) is 39.5 Å². The number of aliphatic carboxylic acids is 1. The van der Waals surface area contributed by atoms with Crippen LogP contribution in [0.3, 0.4) is 0 Å². The molecule has 0 amide bonds. The molecule has 0 aromatic heterocycles. The Morgan fingerprint density at radius 3 is 2.24 bits per heavy atom. The minimum atomic E-state index is -0.936. The first-order chi connectivity index (χ1) is 8.11. The number of thioether (sulfide) groups is 1. The fourth-order valence-corrected chi connectivity index (χ4v) is 2.20. The Hall–Kier alpha value is -0.550. The van der Waals surface area contributed by atoms with Crippen LogP contribution in [0.2, 0.25) is 0 Å². The molecule has 0 fully saturated rings. The Morgan fingerprint density at radius 2 is 1.82 bits per heavy atom. The van der Waals surface area contributed by atoms with Crippen LogP contribution in [0, 0.1) is 0 Å². The molecule has 0 rings (SSSR count). The van der Waals surface area contributed by atoms with Crippen LogP contribution in [0.4, 0.5) is 0 Å². The number of carbonyl (C=O) groups is 1. The summed E-state index contributed by atoms with van der Waals surface area (Å²) in [5.41, 5.74) is 0. The minimum Gasteiger partial charge on any atom is -0.478 e. The van der Waals surface area contributed by atoms with Crippen LogP contribution in [-0.4, -0.2) is 33.4 Å². The van der Waals surface area contributed by atoms with Gasteiger partial charge in [0, 0.05) is 19.2 Å². The number of thiocarbonyl (C=S) groups is 1. The number of carboxylic acids is 1. The molecule has 5 heteroatoms. The van der Waals surface area contributed by atoms with Gasteiger partial charge in [-0.05, 0) is 18.2 Å². The van der Waals surface area contributed by atoms with Crippen LogP contribution in [0.5, 0.6) is 0 Å². The Labute approximate surface area is 113 Å². The molecule has 1 N–H and O–H groups in total. The van der Waals surface area contributed by atoms with Crippen molar-refractivity contribution in [3.63, 3.8) is 0 Å². The molecule has 3 nitrogen and oxygen atoms in total. The number of rotatable bonds is 8. The summed E-state index contributed by atoms with van der Waals surface area (Å²) >= 11 is 6.61. The molecule has 0 radical (unpaired) electrons. The van der Waals surface area contributed by atoms with Crippen molar-refractivity contribution in [1.29, 1.82) is 0 Å². The van der Waals surface area contributed by atoms with Crippen molar-refractivity contribution in [1.82, 2.24) is 4.90 Å². The SMILES string of the molecule is CCCCN(CCCC)C(=S)S/C=C/C(=O)O. The summed E-state index contributed by atoms with van der Waals surface area (Å²) in [6, 6.07) is 0. The second-order valence-electron chi connectivity index (χ2n) is 3.72. The molecule has 0 aliphatic carbocycles. The lowest BCUT2D eigenvalue weighted by Gasteiger charge is -2.23. The molecule has 17 heavy (non-hydrogen) atoms. The van der Waals surface area contributed by atoms with Crippen molar-refractivity contribution in [3.8, 4) is 0 Å². The van der Waals surface area contributed by atoms with Gasteiger partial charge in [-0.2, -0.15) is 0 Å². The average Bonchev–Trinajstić information content (AvgIpc) is 2.28. The van der Waals surface area contributed by atoms with Crippen LogP contribution >= 0.6 is 24.0 Å². The maximum Gasteiger partial charge on any atom is 0.328 e. The quantitative estimate of drug-likeness (QED) is 0.542. The number of hydrogen-bond donors (Lipinski definition) is 1. The van der Waals surface area contributed by atoms with E-state index in [1.54, 1.807) is 0 Å². The maximum atomic E-state index is 10.3. The Kier molecular flexibility index (Phi) is 10.3. The zero-order valence-corrected chi connectivity index (χ0v) is 12.1. The van der Waals surface area contributed by atoms with Gasteiger partial charge in [-0.25, -0.2) is 4.79 Å². The second-order valence-corrected chi connectivity index (χ2v) is 5.26. The molecule has 0 aliphatic rings. The van der Waals surface area contributed by atoms with Gasteiger partial charge < -0.3 is 10.0 Å². The Morgan fingerprint density at radius 1 is 1.29 bits per heavy atom. The average molecular weight is 275 g/mol. The molecule has 0 aliphatic heterocycles. The summed E-state index contributed by atoms with van der Waals surface area (Å²) in [4.78, 5) is 12.5. The lowest BCUT2D eigenvalue weighted by atomic mass is 10.3. The molecular formula is C12H21NO2S2. The summed E-state index contributed by atoms with van der Waals surface area (Å²) in [5, 5.41) is 10.0. The third-order valence-electron chi connectivity index (χ3n) is 2.20. The topological polar surface area (TPSA) is 40.5 Å². The van der Waals surface area contributed by atoms with Crippen molar-refractivity contribution in [2.24, 2.45) is 0 Å². The van der Waals surface area contributed by atoms with Gasteiger partial charge in [0.2, 0.25) is 0 Å². The first-order valence-electron chi connectivity index (χ1n) is 5.96. The van der Waals surface area contributed by atoms with Crippen molar-refractivity contribution < 1.29 is 9.90 Å². The van der Waals surface area contributed by atoms with Crippen LogP contribution in [0.25, 0.3) is 0 Å². The highest BCUT2D eigenvalue weighted by Crippen LogP contribution is 2.13. The molecule has 0 spiro atoms. The maximum absolute atomic E-state index is 10.3. The van der Waals surface area contributed by atoms with Gasteiger partial charge in [0.1, 0.15) is 4.32 Å². The highest BCUT2D eigenvalue weighted by Gasteiger charge is 2.07. The largest absolute Gasteiger partial charge is 0.478 e. The van der Waals surface area contributed by atoms with Crippen molar-refractivity contribution >= 4 is 34.3 Å². The smallest absolute Gasteiger partial charge is 0.328 e. The minimum absolute atomic E-state index is 0.768. The molecule has 98 valence electrons. The number of carboxylic acid groups (broad SMARTS) is 1. The van der Waals surface area contributed by atoms with E-state index in [4.69, 9.17) is 17.3 Å². The van der Waals surface area contributed by atoms with Crippen LogP contribution in [0.1, 0.15) is 39.5 Å². The normalized spacial score (nSPS) is 10.7. The highest BCUT2D eigenvalue weighted by molar-refractivity contribution is 8.24. The van der Waals surface area contributed by atoms with E-state index in [-0.39, 0.29) is 0 Å². The van der Waals surface area contributed by atoms with E-state index < -0.39 is 5.97 Å². The van der Waals surface area contributed by atoms with Gasteiger partial charge >= 0.3 is 5.97 Å². The predicted molar refractivity (Wildman–Crippen MR) is 78.4 cm³/mol. The molecule has 0 aromatic rings. The standard InChI is InChI=1S/C12H21NO2S2/c1-3-5-8-13(9-6-4-2)12(16)17-10-7-11(14)15/h7,10H,3-6,8-9H2,1-2H3,(H,14,15)/b10-7+. The van der Waals surface area contributed by atoms with Gasteiger partial charge in [0.05, 0.1) is 0 Å². The lowest BCUT2D eigenvalue weighted by Crippen LogP contribution is -2.29. The van der Waals surface area contributed by atoms with Gasteiger partial charge in [0.25, 0.3) is 0 Å². The van der Waals surface area contributed by atoms with E-state index in [1.165, 1.54) is 17.2 Å². The first kappa shape index (κ1) is 16.4. The third-order valence-corrected chi connectivity index (χ3v) is 3.48. The van der Waals surface area contributed by atoms with E-state index in [9.17, 15) is 4.79 Å². The van der Waals surface area contributed by atoms with Crippen molar-refractivity contribution in [3.05, 3.63) is 11.5 Å². The fourth-order valence-electron chi connectivity index (χ4n) is 1.22. The number of nitrogens with zero attached hydrogens (tertiary/aromatic N) is 1. The molecule has 0 aromatic carbocycles. The van der Waals surface area contributed by atoms with Gasteiger partial charge in [0.15, 0.2) is 0 Å². The summed E-state index contributed by atoms with van der Waals surface area (Å²) in [5.74, 6) is -0.936. The van der Waals surface area contributed by atoms with E-state index in [0.717, 1.165) is 49.2 Å². The molecule has 0 heterocycles. The Balaban J connectivity index is 4.15. The summed E-state index contributed by atoms with van der Waals surface area (Å²) < 4.78 is 0.768. The van der Waals surface area contributed by atoms with Crippen LogP contribution < -0.4 is 0 Å².